The van der Waals surface area contributed by atoms with Gasteiger partial charge >= 0.3 is 0 Å². The van der Waals surface area contributed by atoms with E-state index in [0.717, 1.165) is 34.5 Å². The standard InChI is InChI=1S/C20H20N2OS3/c1-14-10-11-22(17-8-4-5-9-18(17)26-14)19(23)13-25-20-21-16-7-3-2-6-15(16)12-24-20/h2-9,14H,10-13H2,1H3. The quantitative estimate of drug-likeness (QED) is 0.659. The molecule has 1 atom stereocenters. The summed E-state index contributed by atoms with van der Waals surface area (Å²) >= 11 is 5.15. The van der Waals surface area contributed by atoms with Gasteiger partial charge in [-0.3, -0.25) is 4.79 Å². The second-order valence-electron chi connectivity index (χ2n) is 6.31. The maximum atomic E-state index is 12.9. The summed E-state index contributed by atoms with van der Waals surface area (Å²) < 4.78 is 0.989. The summed E-state index contributed by atoms with van der Waals surface area (Å²) in [5.74, 6) is 1.53. The van der Waals surface area contributed by atoms with E-state index in [1.165, 1.54) is 10.5 Å². The third kappa shape index (κ3) is 3.97. The molecule has 4 rings (SSSR count). The van der Waals surface area contributed by atoms with Crippen LogP contribution in [0.3, 0.4) is 0 Å². The number of hydrogen-bond acceptors (Lipinski definition) is 5. The molecule has 2 aromatic carbocycles. The molecule has 0 bridgehead atoms. The van der Waals surface area contributed by atoms with E-state index < -0.39 is 0 Å². The molecule has 0 fully saturated rings. The van der Waals surface area contributed by atoms with Crippen molar-refractivity contribution in [2.24, 2.45) is 4.99 Å². The summed E-state index contributed by atoms with van der Waals surface area (Å²) in [5.41, 5.74) is 3.35. The van der Waals surface area contributed by atoms with Crippen LogP contribution >= 0.6 is 35.3 Å². The van der Waals surface area contributed by atoms with Gasteiger partial charge in [0.05, 0.1) is 17.1 Å². The fourth-order valence-electron chi connectivity index (χ4n) is 3.03. The van der Waals surface area contributed by atoms with Crippen molar-refractivity contribution in [3.63, 3.8) is 0 Å². The van der Waals surface area contributed by atoms with Gasteiger partial charge in [0.15, 0.2) is 0 Å². The predicted octanol–water partition coefficient (Wildman–Crippen LogP) is 5.57. The molecule has 0 saturated carbocycles. The summed E-state index contributed by atoms with van der Waals surface area (Å²) in [7, 11) is 0. The van der Waals surface area contributed by atoms with Crippen LogP contribution in [0.4, 0.5) is 11.4 Å². The number of para-hydroxylation sites is 2. The lowest BCUT2D eigenvalue weighted by Crippen LogP contribution is -2.33. The molecule has 2 aliphatic rings. The molecule has 3 nitrogen and oxygen atoms in total. The number of hydrogen-bond donors (Lipinski definition) is 0. The molecule has 6 heteroatoms. The van der Waals surface area contributed by atoms with Crippen molar-refractivity contribution in [3.8, 4) is 0 Å². The van der Waals surface area contributed by atoms with Crippen LogP contribution in [0.15, 0.2) is 58.4 Å². The van der Waals surface area contributed by atoms with E-state index in [9.17, 15) is 4.79 Å². The van der Waals surface area contributed by atoms with Gasteiger partial charge in [-0.05, 0) is 30.2 Å². The molecule has 0 saturated heterocycles. The lowest BCUT2D eigenvalue weighted by atomic mass is 10.2. The Bertz CT molecular complexity index is 852. The molecule has 26 heavy (non-hydrogen) atoms. The highest BCUT2D eigenvalue weighted by Crippen LogP contribution is 2.38. The van der Waals surface area contributed by atoms with Gasteiger partial charge in [-0.2, -0.15) is 0 Å². The maximum Gasteiger partial charge on any atom is 0.237 e. The van der Waals surface area contributed by atoms with E-state index in [-0.39, 0.29) is 5.91 Å². The predicted molar refractivity (Wildman–Crippen MR) is 116 cm³/mol. The van der Waals surface area contributed by atoms with Gasteiger partial charge in [0.1, 0.15) is 4.38 Å². The Kier molecular flexibility index (Phi) is 5.62. The van der Waals surface area contributed by atoms with E-state index in [1.54, 1.807) is 23.5 Å². The van der Waals surface area contributed by atoms with Gasteiger partial charge in [0, 0.05) is 22.4 Å². The van der Waals surface area contributed by atoms with Gasteiger partial charge in [-0.15, -0.1) is 11.8 Å². The Morgan fingerprint density at radius 1 is 1.23 bits per heavy atom. The summed E-state index contributed by atoms with van der Waals surface area (Å²) in [6.07, 6.45) is 1.01. The van der Waals surface area contributed by atoms with Gasteiger partial charge < -0.3 is 4.90 Å². The van der Waals surface area contributed by atoms with E-state index in [0.29, 0.717) is 11.0 Å². The first-order chi connectivity index (χ1) is 12.7. The van der Waals surface area contributed by atoms with Crippen molar-refractivity contribution in [2.75, 3.05) is 17.2 Å². The van der Waals surface area contributed by atoms with E-state index in [4.69, 9.17) is 4.99 Å². The number of fused-ring (bicyclic) bond motifs is 2. The van der Waals surface area contributed by atoms with Crippen molar-refractivity contribution in [2.45, 2.75) is 29.2 Å². The molecule has 0 aromatic heterocycles. The van der Waals surface area contributed by atoms with Crippen molar-refractivity contribution < 1.29 is 4.79 Å². The third-order valence-electron chi connectivity index (χ3n) is 4.42. The first-order valence-electron chi connectivity index (χ1n) is 8.69. The van der Waals surface area contributed by atoms with Crippen molar-refractivity contribution in [1.82, 2.24) is 0 Å². The topological polar surface area (TPSA) is 32.7 Å². The summed E-state index contributed by atoms with van der Waals surface area (Å²) in [6.45, 7) is 3.02. The third-order valence-corrected chi connectivity index (χ3v) is 7.89. The normalized spacial score (nSPS) is 19.2. The highest BCUT2D eigenvalue weighted by molar-refractivity contribution is 8.38. The van der Waals surface area contributed by atoms with Crippen LogP contribution in [-0.4, -0.2) is 27.8 Å². The Morgan fingerprint density at radius 2 is 2.04 bits per heavy atom. The number of benzene rings is 2. The molecule has 2 aromatic rings. The Labute approximate surface area is 167 Å². The lowest BCUT2D eigenvalue weighted by molar-refractivity contribution is -0.116. The molecule has 134 valence electrons. The zero-order valence-corrected chi connectivity index (χ0v) is 17.0. The molecule has 0 N–H and O–H groups in total. The number of carbonyl (C=O) groups excluding carboxylic acids is 1. The maximum absolute atomic E-state index is 12.9. The fourth-order valence-corrected chi connectivity index (χ4v) is 6.08. The average Bonchev–Trinajstić information content (AvgIpc) is 2.84. The van der Waals surface area contributed by atoms with Crippen LogP contribution in [0.25, 0.3) is 0 Å². The molecule has 0 aliphatic carbocycles. The zero-order chi connectivity index (χ0) is 17.9. The van der Waals surface area contributed by atoms with Crippen molar-refractivity contribution >= 4 is 56.9 Å². The number of amides is 1. The monoisotopic (exact) mass is 400 g/mol. The summed E-state index contributed by atoms with van der Waals surface area (Å²) in [4.78, 5) is 20.8. The van der Waals surface area contributed by atoms with E-state index >= 15 is 0 Å². The van der Waals surface area contributed by atoms with Crippen LogP contribution in [-0.2, 0) is 10.5 Å². The van der Waals surface area contributed by atoms with Crippen LogP contribution in [0.2, 0.25) is 0 Å². The number of anilines is 1. The molecule has 0 radical (unpaired) electrons. The minimum atomic E-state index is 0.166. The molecule has 1 amide bonds. The van der Waals surface area contributed by atoms with Crippen molar-refractivity contribution in [1.29, 1.82) is 0 Å². The van der Waals surface area contributed by atoms with E-state index in [1.807, 2.05) is 47.0 Å². The Morgan fingerprint density at radius 3 is 2.96 bits per heavy atom. The molecule has 2 heterocycles. The van der Waals surface area contributed by atoms with Crippen LogP contribution in [0, 0.1) is 0 Å². The van der Waals surface area contributed by atoms with E-state index in [2.05, 4.69) is 25.1 Å². The summed E-state index contributed by atoms with van der Waals surface area (Å²) in [6, 6.07) is 16.5. The molecule has 2 aliphatic heterocycles. The smallest absolute Gasteiger partial charge is 0.237 e. The van der Waals surface area contributed by atoms with Gasteiger partial charge in [0.2, 0.25) is 5.91 Å². The fraction of sp³-hybridized carbons (Fsp3) is 0.300. The largest absolute Gasteiger partial charge is 0.311 e. The van der Waals surface area contributed by atoms with Crippen LogP contribution in [0.1, 0.15) is 18.9 Å². The number of rotatable bonds is 2. The average molecular weight is 401 g/mol. The SMILES string of the molecule is CC1CCN(C(=O)CSC2=Nc3ccccc3CS2)c2ccccc2S1. The van der Waals surface area contributed by atoms with Crippen LogP contribution < -0.4 is 4.90 Å². The molecule has 1 unspecified atom stereocenters. The highest BCUT2D eigenvalue weighted by Gasteiger charge is 2.24. The number of aliphatic imine (C=N–C) groups is 1. The van der Waals surface area contributed by atoms with Crippen molar-refractivity contribution in [3.05, 3.63) is 54.1 Å². The number of thioether (sulfide) groups is 3. The van der Waals surface area contributed by atoms with Gasteiger partial charge in [-0.1, -0.05) is 60.8 Å². The number of nitrogens with zero attached hydrogens (tertiary/aromatic N) is 2. The van der Waals surface area contributed by atoms with Gasteiger partial charge in [0.25, 0.3) is 0 Å². The first kappa shape index (κ1) is 18.0. The summed E-state index contributed by atoms with van der Waals surface area (Å²) in [5, 5.41) is 0.524. The zero-order valence-electron chi connectivity index (χ0n) is 14.6. The van der Waals surface area contributed by atoms with Crippen LogP contribution in [0.5, 0.6) is 0 Å². The molecule has 0 spiro atoms. The minimum absolute atomic E-state index is 0.166. The second kappa shape index (κ2) is 8.11. The first-order valence-corrected chi connectivity index (χ1v) is 11.5. The Hall–Kier alpha value is -1.37. The Balaban J connectivity index is 1.47. The lowest BCUT2D eigenvalue weighted by Gasteiger charge is -2.22. The molecular formula is C20H20N2OS3. The minimum Gasteiger partial charge on any atom is -0.311 e. The molecular weight excluding hydrogens is 380 g/mol. The number of carbonyl (C=O) groups is 1. The highest BCUT2D eigenvalue weighted by atomic mass is 32.2. The van der Waals surface area contributed by atoms with Gasteiger partial charge in [-0.25, -0.2) is 4.99 Å². The second-order valence-corrected chi connectivity index (χ2v) is 9.98.